The molecular formula is C13H23NO2. The number of amides is 1. The van der Waals surface area contributed by atoms with E-state index in [0.29, 0.717) is 5.91 Å². The third kappa shape index (κ3) is 1.86. The highest BCUT2D eigenvalue weighted by Gasteiger charge is 2.44. The maximum absolute atomic E-state index is 12.6. The van der Waals surface area contributed by atoms with Crippen LogP contribution in [-0.2, 0) is 4.79 Å². The van der Waals surface area contributed by atoms with Gasteiger partial charge >= 0.3 is 0 Å². The zero-order chi connectivity index (χ0) is 11.6. The van der Waals surface area contributed by atoms with Gasteiger partial charge in [-0.15, -0.1) is 0 Å². The lowest BCUT2D eigenvalue weighted by molar-refractivity contribution is -0.143. The number of carbonyl (C=O) groups is 1. The largest absolute Gasteiger partial charge is 0.394 e. The Morgan fingerprint density at radius 2 is 2.06 bits per heavy atom. The van der Waals surface area contributed by atoms with Crippen LogP contribution >= 0.6 is 0 Å². The van der Waals surface area contributed by atoms with Crippen molar-refractivity contribution in [1.82, 2.24) is 4.90 Å². The van der Waals surface area contributed by atoms with Gasteiger partial charge in [-0.1, -0.05) is 19.8 Å². The van der Waals surface area contributed by atoms with Crippen LogP contribution in [0.15, 0.2) is 0 Å². The molecular weight excluding hydrogens is 202 g/mol. The van der Waals surface area contributed by atoms with E-state index in [2.05, 4.69) is 6.92 Å². The molecule has 3 heteroatoms. The second-order valence-electron chi connectivity index (χ2n) is 5.32. The van der Waals surface area contributed by atoms with E-state index in [1.807, 2.05) is 4.90 Å². The molecule has 2 aliphatic rings. The molecule has 3 nitrogen and oxygen atoms in total. The van der Waals surface area contributed by atoms with Crippen LogP contribution in [0.1, 0.15) is 51.9 Å². The summed E-state index contributed by atoms with van der Waals surface area (Å²) in [4.78, 5) is 14.5. The molecule has 0 aromatic carbocycles. The van der Waals surface area contributed by atoms with Gasteiger partial charge in [0.2, 0.25) is 5.91 Å². The summed E-state index contributed by atoms with van der Waals surface area (Å²) in [5, 5.41) is 9.29. The Balaban J connectivity index is 2.10. The number of hydrogen-bond acceptors (Lipinski definition) is 2. The van der Waals surface area contributed by atoms with E-state index in [9.17, 15) is 9.90 Å². The van der Waals surface area contributed by atoms with Gasteiger partial charge in [0, 0.05) is 12.0 Å². The van der Waals surface area contributed by atoms with Crippen molar-refractivity contribution in [3.63, 3.8) is 0 Å². The molecule has 1 heterocycles. The van der Waals surface area contributed by atoms with Crippen molar-refractivity contribution >= 4 is 5.91 Å². The normalized spacial score (nSPS) is 28.6. The average Bonchev–Trinajstić information content (AvgIpc) is 2.97. The Hall–Kier alpha value is -0.570. The van der Waals surface area contributed by atoms with Crippen LogP contribution in [0.25, 0.3) is 0 Å². The van der Waals surface area contributed by atoms with Crippen LogP contribution in [0.3, 0.4) is 0 Å². The molecule has 1 aliphatic carbocycles. The minimum atomic E-state index is -0.0856. The molecule has 16 heavy (non-hydrogen) atoms. The van der Waals surface area contributed by atoms with Crippen LogP contribution in [0.2, 0.25) is 0 Å². The standard InChI is InChI=1S/C13H23NO2/c1-2-13(7-3-4-8-13)12(16)14-9-5-6-11(14)10-15/h11,15H,2-10H2,1H3/t11-/m0/s1. The van der Waals surface area contributed by atoms with E-state index in [1.54, 1.807) is 0 Å². The van der Waals surface area contributed by atoms with Gasteiger partial charge in [-0.3, -0.25) is 4.79 Å². The molecule has 2 fully saturated rings. The summed E-state index contributed by atoms with van der Waals surface area (Å²) in [6, 6.07) is 0.0940. The van der Waals surface area contributed by atoms with E-state index >= 15 is 0 Å². The Labute approximate surface area is 97.8 Å². The van der Waals surface area contributed by atoms with Gasteiger partial charge in [-0.2, -0.15) is 0 Å². The molecule has 92 valence electrons. The number of aliphatic hydroxyl groups is 1. The predicted octanol–water partition coefficient (Wildman–Crippen LogP) is 1.94. The van der Waals surface area contributed by atoms with Crippen LogP contribution in [0.5, 0.6) is 0 Å². The quantitative estimate of drug-likeness (QED) is 0.797. The van der Waals surface area contributed by atoms with Crippen LogP contribution in [-0.4, -0.2) is 35.1 Å². The number of nitrogens with zero attached hydrogens (tertiary/aromatic N) is 1. The van der Waals surface area contributed by atoms with Crippen molar-refractivity contribution in [3.05, 3.63) is 0 Å². The number of aliphatic hydroxyl groups excluding tert-OH is 1. The third-order valence-electron chi connectivity index (χ3n) is 4.54. The minimum absolute atomic E-state index is 0.0856. The molecule has 1 saturated carbocycles. The Morgan fingerprint density at radius 3 is 2.62 bits per heavy atom. The van der Waals surface area contributed by atoms with Gasteiger partial charge in [0.15, 0.2) is 0 Å². The predicted molar refractivity (Wildman–Crippen MR) is 63.0 cm³/mol. The molecule has 1 atom stereocenters. The SMILES string of the molecule is CCC1(C(=O)N2CCC[C@H]2CO)CCCC1. The first-order chi connectivity index (χ1) is 7.73. The fourth-order valence-electron chi connectivity index (χ4n) is 3.37. The highest BCUT2D eigenvalue weighted by Crippen LogP contribution is 2.43. The van der Waals surface area contributed by atoms with E-state index < -0.39 is 0 Å². The van der Waals surface area contributed by atoms with Gasteiger partial charge in [-0.05, 0) is 32.1 Å². The monoisotopic (exact) mass is 225 g/mol. The Bertz CT molecular complexity index is 259. The van der Waals surface area contributed by atoms with Crippen molar-refractivity contribution in [2.45, 2.75) is 57.9 Å². The molecule has 2 rings (SSSR count). The molecule has 1 saturated heterocycles. The highest BCUT2D eigenvalue weighted by molar-refractivity contribution is 5.83. The maximum atomic E-state index is 12.6. The number of rotatable bonds is 3. The molecule has 0 spiro atoms. The first-order valence-corrected chi connectivity index (χ1v) is 6.65. The molecule has 0 unspecified atom stereocenters. The number of likely N-dealkylation sites (tertiary alicyclic amines) is 1. The zero-order valence-corrected chi connectivity index (χ0v) is 10.2. The Morgan fingerprint density at radius 1 is 1.38 bits per heavy atom. The molecule has 1 aliphatic heterocycles. The summed E-state index contributed by atoms with van der Waals surface area (Å²) < 4.78 is 0. The summed E-state index contributed by atoms with van der Waals surface area (Å²) in [5.41, 5.74) is -0.0856. The van der Waals surface area contributed by atoms with Gasteiger partial charge in [-0.25, -0.2) is 0 Å². The van der Waals surface area contributed by atoms with Crippen molar-refractivity contribution < 1.29 is 9.90 Å². The minimum Gasteiger partial charge on any atom is -0.394 e. The highest BCUT2D eigenvalue weighted by atomic mass is 16.3. The summed E-state index contributed by atoms with van der Waals surface area (Å²) in [6.45, 7) is 3.12. The van der Waals surface area contributed by atoms with Gasteiger partial charge < -0.3 is 10.0 Å². The van der Waals surface area contributed by atoms with Gasteiger partial charge in [0.25, 0.3) is 0 Å². The van der Waals surface area contributed by atoms with Gasteiger partial charge in [0.1, 0.15) is 0 Å². The summed E-state index contributed by atoms with van der Waals surface area (Å²) in [6.07, 6.45) is 7.47. The zero-order valence-electron chi connectivity index (χ0n) is 10.2. The fourth-order valence-corrected chi connectivity index (χ4v) is 3.37. The van der Waals surface area contributed by atoms with Crippen LogP contribution < -0.4 is 0 Å². The van der Waals surface area contributed by atoms with Crippen molar-refractivity contribution in [3.8, 4) is 0 Å². The molecule has 1 amide bonds. The average molecular weight is 225 g/mol. The molecule has 0 aromatic heterocycles. The van der Waals surface area contributed by atoms with Gasteiger partial charge in [0.05, 0.1) is 12.6 Å². The lowest BCUT2D eigenvalue weighted by Crippen LogP contribution is -2.46. The fraction of sp³-hybridized carbons (Fsp3) is 0.923. The van der Waals surface area contributed by atoms with E-state index in [-0.39, 0.29) is 18.1 Å². The second-order valence-corrected chi connectivity index (χ2v) is 5.32. The van der Waals surface area contributed by atoms with Crippen molar-refractivity contribution in [2.75, 3.05) is 13.2 Å². The summed E-state index contributed by atoms with van der Waals surface area (Å²) >= 11 is 0. The second kappa shape index (κ2) is 4.74. The van der Waals surface area contributed by atoms with Crippen LogP contribution in [0, 0.1) is 5.41 Å². The lowest BCUT2D eigenvalue weighted by atomic mass is 9.81. The first kappa shape index (κ1) is 11.9. The summed E-state index contributed by atoms with van der Waals surface area (Å²) in [5.74, 6) is 0.323. The first-order valence-electron chi connectivity index (χ1n) is 6.65. The van der Waals surface area contributed by atoms with Crippen molar-refractivity contribution in [2.24, 2.45) is 5.41 Å². The topological polar surface area (TPSA) is 40.5 Å². The summed E-state index contributed by atoms with van der Waals surface area (Å²) in [7, 11) is 0. The van der Waals surface area contributed by atoms with Crippen molar-refractivity contribution in [1.29, 1.82) is 0 Å². The lowest BCUT2D eigenvalue weighted by Gasteiger charge is -2.34. The van der Waals surface area contributed by atoms with Crippen LogP contribution in [0.4, 0.5) is 0 Å². The molecule has 1 N–H and O–H groups in total. The Kier molecular flexibility index (Phi) is 3.53. The van der Waals surface area contributed by atoms with E-state index in [1.165, 1.54) is 12.8 Å². The van der Waals surface area contributed by atoms with E-state index in [4.69, 9.17) is 0 Å². The number of hydrogen-bond donors (Lipinski definition) is 1. The smallest absolute Gasteiger partial charge is 0.229 e. The maximum Gasteiger partial charge on any atom is 0.229 e. The molecule has 0 bridgehead atoms. The molecule has 0 aromatic rings. The van der Waals surface area contributed by atoms with E-state index in [0.717, 1.165) is 38.6 Å². The number of carbonyl (C=O) groups excluding carboxylic acids is 1. The third-order valence-corrected chi connectivity index (χ3v) is 4.54. The molecule has 0 radical (unpaired) electrons.